The highest BCUT2D eigenvalue weighted by Crippen LogP contribution is 2.40. The number of ether oxygens (including phenoxy) is 1. The third-order valence-electron chi connectivity index (χ3n) is 5.31. The van der Waals surface area contributed by atoms with Gasteiger partial charge in [-0.1, -0.05) is 30.3 Å². The SMILES string of the molecule is COc1ccc2c(c1)c1c3c[nH]cc3c(-c3ccccc3)cc1n2CCO. The van der Waals surface area contributed by atoms with Crippen molar-refractivity contribution in [3.8, 4) is 16.9 Å². The van der Waals surface area contributed by atoms with Gasteiger partial charge in [-0.3, -0.25) is 0 Å². The van der Waals surface area contributed by atoms with Crippen LogP contribution in [0.15, 0.2) is 67.0 Å². The van der Waals surface area contributed by atoms with Gasteiger partial charge >= 0.3 is 0 Å². The number of hydrogen-bond donors (Lipinski definition) is 2. The van der Waals surface area contributed by atoms with Gasteiger partial charge in [-0.15, -0.1) is 0 Å². The molecule has 0 unspecified atom stereocenters. The van der Waals surface area contributed by atoms with Crippen LogP contribution in [0.1, 0.15) is 0 Å². The molecule has 4 nitrogen and oxygen atoms in total. The summed E-state index contributed by atoms with van der Waals surface area (Å²) in [6, 6.07) is 18.8. The number of aromatic amines is 1. The van der Waals surface area contributed by atoms with E-state index in [-0.39, 0.29) is 6.61 Å². The van der Waals surface area contributed by atoms with E-state index in [1.54, 1.807) is 7.11 Å². The minimum Gasteiger partial charge on any atom is -0.497 e. The number of aromatic nitrogens is 2. The normalized spacial score (nSPS) is 11.6. The number of nitrogens with one attached hydrogen (secondary N) is 1. The molecule has 0 atom stereocenters. The van der Waals surface area contributed by atoms with Crippen LogP contribution in [0.5, 0.6) is 5.75 Å². The van der Waals surface area contributed by atoms with Crippen molar-refractivity contribution in [3.05, 3.63) is 67.0 Å². The number of nitrogens with zero attached hydrogens (tertiary/aromatic N) is 1. The molecular formula is C23H20N2O2. The second kappa shape index (κ2) is 6.18. The number of fused-ring (bicyclic) bond motifs is 5. The van der Waals surface area contributed by atoms with Crippen LogP contribution in [-0.2, 0) is 6.54 Å². The van der Waals surface area contributed by atoms with Crippen molar-refractivity contribution in [1.29, 1.82) is 0 Å². The lowest BCUT2D eigenvalue weighted by molar-refractivity contribution is 0.280. The quantitative estimate of drug-likeness (QED) is 0.479. The molecule has 3 aromatic carbocycles. The molecule has 2 heterocycles. The number of methoxy groups -OCH3 is 1. The molecule has 0 amide bonds. The molecule has 0 aliphatic heterocycles. The van der Waals surface area contributed by atoms with Crippen LogP contribution in [0.25, 0.3) is 43.7 Å². The molecule has 0 aliphatic carbocycles. The van der Waals surface area contributed by atoms with E-state index in [0.717, 1.165) is 22.2 Å². The van der Waals surface area contributed by atoms with Gasteiger partial charge in [0.15, 0.2) is 0 Å². The molecule has 5 aromatic rings. The van der Waals surface area contributed by atoms with E-state index in [1.165, 1.54) is 27.3 Å². The Kier molecular flexibility index (Phi) is 3.66. The van der Waals surface area contributed by atoms with E-state index in [4.69, 9.17) is 4.74 Å². The van der Waals surface area contributed by atoms with E-state index in [0.29, 0.717) is 6.54 Å². The third-order valence-corrected chi connectivity index (χ3v) is 5.31. The topological polar surface area (TPSA) is 50.2 Å². The molecule has 134 valence electrons. The van der Waals surface area contributed by atoms with Gasteiger partial charge in [-0.25, -0.2) is 0 Å². The van der Waals surface area contributed by atoms with Crippen molar-refractivity contribution >= 4 is 32.6 Å². The third kappa shape index (κ3) is 2.34. The summed E-state index contributed by atoms with van der Waals surface area (Å²) in [5.74, 6) is 0.835. The maximum atomic E-state index is 9.67. The lowest BCUT2D eigenvalue weighted by atomic mass is 9.97. The minimum absolute atomic E-state index is 0.0940. The largest absolute Gasteiger partial charge is 0.497 e. The maximum absolute atomic E-state index is 9.67. The zero-order valence-corrected chi connectivity index (χ0v) is 15.1. The van der Waals surface area contributed by atoms with Crippen LogP contribution in [0.3, 0.4) is 0 Å². The first-order valence-electron chi connectivity index (χ1n) is 9.07. The summed E-state index contributed by atoms with van der Waals surface area (Å²) in [7, 11) is 1.69. The van der Waals surface area contributed by atoms with Gasteiger partial charge < -0.3 is 19.4 Å². The van der Waals surface area contributed by atoms with Gasteiger partial charge in [0.25, 0.3) is 0 Å². The number of rotatable bonds is 4. The summed E-state index contributed by atoms with van der Waals surface area (Å²) in [5.41, 5.74) is 4.60. The van der Waals surface area contributed by atoms with E-state index in [2.05, 4.69) is 64.4 Å². The Morgan fingerprint density at radius 1 is 0.926 bits per heavy atom. The van der Waals surface area contributed by atoms with Crippen molar-refractivity contribution in [2.75, 3.05) is 13.7 Å². The lowest BCUT2D eigenvalue weighted by Crippen LogP contribution is -2.01. The second-order valence-electron chi connectivity index (χ2n) is 6.73. The Balaban J connectivity index is 1.97. The summed E-state index contributed by atoms with van der Waals surface area (Å²) in [5, 5.41) is 14.4. The van der Waals surface area contributed by atoms with Crippen LogP contribution in [0.4, 0.5) is 0 Å². The number of H-pyrrole nitrogens is 1. The van der Waals surface area contributed by atoms with E-state index < -0.39 is 0 Å². The first-order chi connectivity index (χ1) is 13.3. The Morgan fingerprint density at radius 3 is 2.52 bits per heavy atom. The fourth-order valence-electron chi connectivity index (χ4n) is 4.12. The van der Waals surface area contributed by atoms with Crippen LogP contribution < -0.4 is 4.74 Å². The highest BCUT2D eigenvalue weighted by Gasteiger charge is 2.17. The number of hydrogen-bond acceptors (Lipinski definition) is 2. The van der Waals surface area contributed by atoms with Gasteiger partial charge in [0.05, 0.1) is 19.2 Å². The summed E-state index contributed by atoms with van der Waals surface area (Å²) in [6.07, 6.45) is 4.12. The zero-order valence-electron chi connectivity index (χ0n) is 15.1. The zero-order chi connectivity index (χ0) is 18.4. The van der Waals surface area contributed by atoms with Crippen LogP contribution in [0.2, 0.25) is 0 Å². The molecule has 5 rings (SSSR count). The molecule has 0 spiro atoms. The molecular weight excluding hydrogens is 336 g/mol. The monoisotopic (exact) mass is 356 g/mol. The van der Waals surface area contributed by atoms with Gasteiger partial charge in [0.1, 0.15) is 5.75 Å². The molecule has 0 saturated heterocycles. The van der Waals surface area contributed by atoms with Crippen molar-refractivity contribution in [2.24, 2.45) is 0 Å². The first-order valence-corrected chi connectivity index (χ1v) is 9.07. The standard InChI is InChI=1S/C23H20N2O2/c1-27-16-7-8-21-18(11-16)23-20-14-24-13-19(20)17(15-5-3-2-4-6-15)12-22(23)25(21)9-10-26/h2-8,11-14,24,26H,9-10H2,1H3. The number of benzene rings is 3. The first kappa shape index (κ1) is 16.0. The molecule has 27 heavy (non-hydrogen) atoms. The molecule has 4 heteroatoms. The fourth-order valence-corrected chi connectivity index (χ4v) is 4.12. The Labute approximate surface area is 156 Å². The average molecular weight is 356 g/mol. The predicted molar refractivity (Wildman–Crippen MR) is 110 cm³/mol. The molecule has 0 saturated carbocycles. The van der Waals surface area contributed by atoms with Crippen molar-refractivity contribution in [2.45, 2.75) is 6.54 Å². The lowest BCUT2D eigenvalue weighted by Gasteiger charge is -2.09. The highest BCUT2D eigenvalue weighted by atomic mass is 16.5. The minimum atomic E-state index is 0.0940. The summed E-state index contributed by atoms with van der Waals surface area (Å²) >= 11 is 0. The highest BCUT2D eigenvalue weighted by molar-refractivity contribution is 6.23. The number of aliphatic hydroxyl groups is 1. The Hall–Kier alpha value is -3.24. The summed E-state index contributed by atoms with van der Waals surface area (Å²) in [4.78, 5) is 3.28. The smallest absolute Gasteiger partial charge is 0.119 e. The Morgan fingerprint density at radius 2 is 1.74 bits per heavy atom. The van der Waals surface area contributed by atoms with Crippen molar-refractivity contribution < 1.29 is 9.84 Å². The van der Waals surface area contributed by atoms with E-state index in [9.17, 15) is 5.11 Å². The summed E-state index contributed by atoms with van der Waals surface area (Å²) < 4.78 is 7.66. The van der Waals surface area contributed by atoms with E-state index in [1.807, 2.05) is 12.1 Å². The van der Waals surface area contributed by atoms with Gasteiger partial charge in [-0.05, 0) is 35.4 Å². The van der Waals surface area contributed by atoms with Gasteiger partial charge in [0, 0.05) is 46.0 Å². The summed E-state index contributed by atoms with van der Waals surface area (Å²) in [6.45, 7) is 0.646. The van der Waals surface area contributed by atoms with Gasteiger partial charge in [-0.2, -0.15) is 0 Å². The van der Waals surface area contributed by atoms with Crippen molar-refractivity contribution in [3.63, 3.8) is 0 Å². The maximum Gasteiger partial charge on any atom is 0.119 e. The van der Waals surface area contributed by atoms with E-state index >= 15 is 0 Å². The predicted octanol–water partition coefficient (Wildman–Crippen LogP) is 4.94. The Bertz CT molecular complexity index is 1270. The molecule has 2 aromatic heterocycles. The molecule has 0 radical (unpaired) electrons. The molecule has 0 fully saturated rings. The average Bonchev–Trinajstić information content (AvgIpc) is 3.31. The van der Waals surface area contributed by atoms with Crippen LogP contribution in [-0.4, -0.2) is 28.4 Å². The molecule has 2 N–H and O–H groups in total. The molecule has 0 bridgehead atoms. The second-order valence-corrected chi connectivity index (χ2v) is 6.73. The van der Waals surface area contributed by atoms with Gasteiger partial charge in [0.2, 0.25) is 0 Å². The fraction of sp³-hybridized carbons (Fsp3) is 0.130. The number of aliphatic hydroxyl groups excluding tert-OH is 1. The molecule has 0 aliphatic rings. The van der Waals surface area contributed by atoms with Crippen molar-refractivity contribution in [1.82, 2.24) is 9.55 Å². The van der Waals surface area contributed by atoms with Crippen LogP contribution in [0, 0.1) is 0 Å². The van der Waals surface area contributed by atoms with Crippen LogP contribution >= 0.6 is 0 Å².